The molecular weight excluding hydrogens is 1660 g/mol. The van der Waals surface area contributed by atoms with Crippen molar-refractivity contribution in [3.05, 3.63) is 216 Å². The molecule has 40 nitrogen and oxygen atoms in total. The maximum Gasteiger partial charge on any atom is 0.344 e. The molecule has 1 saturated heterocycles. The molecule has 624 valence electrons. The Kier molecular flexibility index (Phi) is 24.2. The van der Waals surface area contributed by atoms with Gasteiger partial charge >= 0.3 is 18.1 Å². The zero-order valence-electron chi connectivity index (χ0n) is 70.4. The van der Waals surface area contributed by atoms with Crippen LogP contribution in [0.4, 0.5) is 37.1 Å². The van der Waals surface area contributed by atoms with Gasteiger partial charge in [0.2, 0.25) is 0 Å². The number of ether oxygens (including phenoxy) is 2. The van der Waals surface area contributed by atoms with E-state index in [0.717, 1.165) is 26.9 Å². The second kappa shape index (κ2) is 38.8. The van der Waals surface area contributed by atoms with Crippen LogP contribution >= 0.6 is 45.3 Å². The number of hydrogen-bond acceptors (Lipinski definition) is 29. The fraction of sp³-hybridized carbons (Fsp3) is 0.203. The summed E-state index contributed by atoms with van der Waals surface area (Å²) in [6.07, 6.45) is 26.2. The lowest BCUT2D eigenvalue weighted by atomic mass is 9.89. The summed E-state index contributed by atoms with van der Waals surface area (Å²) in [6.45, 7) is 1.20. The average molecular weight is 1740 g/mol. The first-order valence-electron chi connectivity index (χ1n) is 40.1. The fourth-order valence-electron chi connectivity index (χ4n) is 12.1. The quantitative estimate of drug-likeness (QED) is 0.0331. The Labute approximate surface area is 721 Å². The third-order valence-corrected chi connectivity index (χ3v) is 21.9. The Balaban J connectivity index is 0.000000132. The predicted octanol–water partition coefficient (Wildman–Crippen LogP) is 12.1. The lowest BCUT2D eigenvalue weighted by Gasteiger charge is -2.34. The van der Waals surface area contributed by atoms with Crippen LogP contribution in [0.3, 0.4) is 0 Å². The molecule has 1 aliphatic carbocycles. The number of pyridine rings is 4. The fourth-order valence-corrected chi connectivity index (χ4v) is 15.2. The van der Waals surface area contributed by atoms with Crippen LogP contribution in [-0.4, -0.2) is 242 Å². The van der Waals surface area contributed by atoms with Crippen molar-refractivity contribution in [2.45, 2.75) is 45.7 Å². The normalized spacial score (nSPS) is 14.2. The summed E-state index contributed by atoms with van der Waals surface area (Å²) in [5.41, 5.74) is 9.58. The molecule has 0 aromatic carbocycles. The molecule has 1 aliphatic heterocycles. The van der Waals surface area contributed by atoms with Gasteiger partial charge in [0, 0.05) is 150 Å². The van der Waals surface area contributed by atoms with Crippen LogP contribution in [0.5, 0.6) is 0 Å². The number of H-pyrrole nitrogens is 4. The Morgan fingerprint density at radius 1 is 0.488 bits per heavy atom. The van der Waals surface area contributed by atoms with Crippen LogP contribution < -0.4 is 21.3 Å². The Hall–Kier alpha value is -15.0. The van der Waals surface area contributed by atoms with Crippen LogP contribution in [0.2, 0.25) is 0 Å². The zero-order chi connectivity index (χ0) is 89.6. The molecule has 44 heteroatoms. The third kappa shape index (κ3) is 19.8. The van der Waals surface area contributed by atoms with Gasteiger partial charge in [-0.15, -0.1) is 45.3 Å². The predicted molar refractivity (Wildman–Crippen MR) is 457 cm³/mol. The van der Waals surface area contributed by atoms with E-state index in [9.17, 15) is 33.6 Å². The minimum Gasteiger partial charge on any atom is -0.378 e. The van der Waals surface area contributed by atoms with Gasteiger partial charge in [0.25, 0.3) is 23.6 Å². The molecule has 8 N–H and O–H groups in total. The van der Waals surface area contributed by atoms with Crippen molar-refractivity contribution in [1.82, 2.24) is 134 Å². The molecule has 2 fully saturated rings. The van der Waals surface area contributed by atoms with E-state index in [-0.39, 0.29) is 46.9 Å². The standard InChI is InChI=1S/C21H21N7O2S.C20H18N8O3S.C20H20N8O2S.C18H16N8O2S/c1-2-30-15-7-14(8-15)28-11-17(19(27-28)16-5-3-4-6-22-16)25-20(29)18-12-31-21(26-18)13-9-23-24-10-13;29-18(16-12-32-19(25-16)13-9-22-23-10-13)24-15-11-28(20(30)27-5-7-31-8-6-27)26-17(15)14-3-1-2-4-21-14;1-3-27(4-2)20(30)28-11-15(17(26-28)14-7-5-6-8-21-14)24-18(29)16-12-31-19(25-16)13-9-22-23-10-13;1-25(2)18(28)26-9-13(15(24-26)12-5-3-4-6-19-12)22-16(27)14-10-29-17(23-14)11-7-20-21-8-11/h3-6,9-12,14-15H,2,7-8H2,1H3,(H,23,24)(H,25,29);1-4,9-12H,5-8H2,(H,22,23)(H,24,29);5-12H,3-4H2,1-2H3,(H,22,23)(H,24,29);3-10H,1-2H3,(H,20,21)(H,22,27)/i1D3,2D2;;;. The van der Waals surface area contributed by atoms with E-state index < -0.39 is 43.1 Å². The van der Waals surface area contributed by atoms with E-state index in [2.05, 4.69) is 122 Å². The minimum atomic E-state index is -2.87. The topological polar surface area (TPSA) is 485 Å². The highest BCUT2D eigenvalue weighted by atomic mass is 32.1. The van der Waals surface area contributed by atoms with Gasteiger partial charge in [-0.25, -0.2) is 34.3 Å². The Morgan fingerprint density at radius 3 is 1.17 bits per heavy atom. The van der Waals surface area contributed by atoms with Gasteiger partial charge in [-0.2, -0.15) is 54.8 Å². The minimum absolute atomic E-state index is 0.150. The van der Waals surface area contributed by atoms with E-state index >= 15 is 0 Å². The summed E-state index contributed by atoms with van der Waals surface area (Å²) < 4.78 is 53.0. The summed E-state index contributed by atoms with van der Waals surface area (Å²) in [7, 11) is 3.24. The van der Waals surface area contributed by atoms with Crippen molar-refractivity contribution in [2.24, 2.45) is 0 Å². The van der Waals surface area contributed by atoms with Gasteiger partial charge in [0.15, 0.2) is 0 Å². The van der Waals surface area contributed by atoms with Crippen molar-refractivity contribution in [2.75, 3.05) is 81.3 Å². The van der Waals surface area contributed by atoms with Crippen LogP contribution in [0.25, 0.3) is 87.8 Å². The van der Waals surface area contributed by atoms with E-state index in [1.165, 1.54) is 78.2 Å². The van der Waals surface area contributed by atoms with Gasteiger partial charge in [0.05, 0.1) is 117 Å². The molecule has 18 rings (SSSR count). The summed E-state index contributed by atoms with van der Waals surface area (Å²) in [6, 6.07) is 20.4. The number of morpholine rings is 1. The average Bonchev–Trinajstić information content (AvgIpc) is 1.36. The van der Waals surface area contributed by atoms with Crippen molar-refractivity contribution >= 4 is 110 Å². The van der Waals surface area contributed by atoms with Crippen molar-refractivity contribution in [1.29, 1.82) is 0 Å². The highest BCUT2D eigenvalue weighted by Crippen LogP contribution is 2.38. The third-order valence-electron chi connectivity index (χ3n) is 18.4. The largest absolute Gasteiger partial charge is 0.378 e. The SMILES string of the molecule is CCN(CC)C(=O)n1cc(NC(=O)c2csc(-c3cn[nH]c3)n2)c(-c2ccccn2)n1.CN(C)C(=O)n1cc(NC(=O)c2csc(-c3cn[nH]c3)n2)c(-c2ccccn2)n1.O=C(Nc1cn(C(=O)N2CCOCC2)nc1-c1ccccn1)c1csc(-c2cn[nH]c2)n1.[2H]C([2H])([2H])C([2H])([2H])OC1CC(n2cc(NC(=O)c3csc(-c4cn[nH]c4)n3)c(-c3ccccn3)n2)C1. The van der Waals surface area contributed by atoms with Crippen LogP contribution in [-0.2, 0) is 9.47 Å². The van der Waals surface area contributed by atoms with Gasteiger partial charge in [0.1, 0.15) is 65.6 Å². The van der Waals surface area contributed by atoms with Crippen LogP contribution in [0, 0.1) is 0 Å². The molecule has 1 saturated carbocycles. The number of aromatic amines is 4. The first-order chi connectivity index (χ1) is 61.9. The molecule has 0 radical (unpaired) electrons. The van der Waals surface area contributed by atoms with Gasteiger partial charge in [-0.1, -0.05) is 24.3 Å². The van der Waals surface area contributed by atoms with Crippen molar-refractivity contribution < 1.29 is 49.9 Å². The summed E-state index contributed by atoms with van der Waals surface area (Å²) in [4.78, 5) is 129. The number of aromatic nitrogens is 24. The first-order valence-corrected chi connectivity index (χ1v) is 41.1. The molecule has 7 amide bonds. The van der Waals surface area contributed by atoms with Gasteiger partial charge in [-0.05, 0) is 82.1 Å². The lowest BCUT2D eigenvalue weighted by molar-refractivity contribution is -0.0226. The maximum atomic E-state index is 13.0. The number of carbonyl (C=O) groups excluding carboxylic acids is 7. The zero-order valence-corrected chi connectivity index (χ0v) is 68.6. The smallest absolute Gasteiger partial charge is 0.344 e. The van der Waals surface area contributed by atoms with E-state index in [4.69, 9.17) is 16.3 Å². The van der Waals surface area contributed by atoms with Crippen LogP contribution in [0.1, 0.15) is 88.4 Å². The molecule has 16 aromatic rings. The molecule has 0 atom stereocenters. The molecule has 17 heterocycles. The lowest BCUT2D eigenvalue weighted by Crippen LogP contribution is -2.43. The first kappa shape index (κ1) is 76.7. The molecule has 0 unspecified atom stereocenters. The number of thiazole rings is 4. The number of anilines is 4. The molecule has 123 heavy (non-hydrogen) atoms. The van der Waals surface area contributed by atoms with Crippen LogP contribution in [0.15, 0.2) is 193 Å². The summed E-state index contributed by atoms with van der Waals surface area (Å²) in [5, 5.41) is 64.9. The molecule has 0 spiro atoms. The second-order valence-corrected chi connectivity index (χ2v) is 30.1. The maximum absolute atomic E-state index is 13.0. The number of nitrogens with zero attached hydrogens (tertiary/aromatic N) is 23. The number of rotatable bonds is 21. The van der Waals surface area contributed by atoms with E-state index in [0.29, 0.717) is 141 Å². The number of hydrogen-bond donors (Lipinski definition) is 8. The molecule has 2 aliphatic rings. The molecule has 16 aromatic heterocycles. The van der Waals surface area contributed by atoms with Crippen molar-refractivity contribution in [3.63, 3.8) is 0 Å². The Morgan fingerprint density at radius 2 is 0.837 bits per heavy atom. The highest BCUT2D eigenvalue weighted by molar-refractivity contribution is 7.14. The Bertz CT molecular complexity index is 6460. The monoisotopic (exact) mass is 1730 g/mol. The summed E-state index contributed by atoms with van der Waals surface area (Å²) in [5.74, 6) is -1.63. The van der Waals surface area contributed by atoms with Gasteiger partial charge < -0.3 is 45.4 Å². The van der Waals surface area contributed by atoms with E-state index in [1.807, 2.05) is 32.0 Å². The molecule has 0 bridgehead atoms. The van der Waals surface area contributed by atoms with E-state index in [1.54, 1.807) is 185 Å². The van der Waals surface area contributed by atoms with Gasteiger partial charge in [-0.3, -0.25) is 64.2 Å². The summed E-state index contributed by atoms with van der Waals surface area (Å²) >= 11 is 5.34. The molecular formula is C79H75N31O9S4. The van der Waals surface area contributed by atoms with Crippen molar-refractivity contribution in [3.8, 4) is 87.8 Å². The number of nitrogens with one attached hydrogen (secondary N) is 8. The highest BCUT2D eigenvalue weighted by Gasteiger charge is 2.34. The second-order valence-electron chi connectivity index (χ2n) is 26.6. The number of amides is 7. The number of carbonyl (C=O) groups is 7.